The lowest BCUT2D eigenvalue weighted by Crippen LogP contribution is -2.23. The van der Waals surface area contributed by atoms with Crippen LogP contribution in [0, 0.1) is 0 Å². The highest BCUT2D eigenvalue weighted by molar-refractivity contribution is 7.89. The molecule has 0 atom stereocenters. The third-order valence-electron chi connectivity index (χ3n) is 2.51. The van der Waals surface area contributed by atoms with Gasteiger partial charge < -0.3 is 9.63 Å². The van der Waals surface area contributed by atoms with Crippen LogP contribution in [0.15, 0.2) is 52.0 Å². The standard InChI is InChI=1S/C13H12N2O5S/c16-13(17)5-4-10-2-1-3-12(8-10)21(18,19)15-9-11-6-7-14-20-11/h1-8,15H,9H2,(H,16,17)/b5-4+. The molecule has 0 aliphatic carbocycles. The second-order valence-electron chi connectivity index (χ2n) is 4.05. The number of carboxylic acids is 1. The third kappa shape index (κ3) is 4.26. The summed E-state index contributed by atoms with van der Waals surface area (Å²) in [6.07, 6.45) is 3.67. The minimum absolute atomic E-state index is 0.0163. The first-order chi connectivity index (χ1) is 9.97. The Kier molecular flexibility index (Phi) is 4.51. The van der Waals surface area contributed by atoms with Crippen molar-refractivity contribution in [3.63, 3.8) is 0 Å². The fourth-order valence-electron chi connectivity index (χ4n) is 1.54. The highest BCUT2D eigenvalue weighted by atomic mass is 32.2. The van der Waals surface area contributed by atoms with Gasteiger partial charge in [-0.25, -0.2) is 17.9 Å². The number of carboxylic acid groups (broad SMARTS) is 1. The molecule has 0 fully saturated rings. The molecule has 1 aromatic carbocycles. The summed E-state index contributed by atoms with van der Waals surface area (Å²) < 4.78 is 31.4. The maximum absolute atomic E-state index is 12.1. The van der Waals surface area contributed by atoms with Crippen LogP contribution in [0.1, 0.15) is 11.3 Å². The maximum atomic E-state index is 12.1. The summed E-state index contributed by atoms with van der Waals surface area (Å²) in [4.78, 5) is 10.5. The quantitative estimate of drug-likeness (QED) is 0.777. The summed E-state index contributed by atoms with van der Waals surface area (Å²) in [6, 6.07) is 7.48. The number of nitrogens with one attached hydrogen (secondary N) is 1. The molecule has 0 amide bonds. The Labute approximate surface area is 120 Å². The lowest BCUT2D eigenvalue weighted by Gasteiger charge is -2.05. The number of aliphatic carboxylic acids is 1. The minimum atomic E-state index is -3.72. The minimum Gasteiger partial charge on any atom is -0.478 e. The first-order valence-electron chi connectivity index (χ1n) is 5.88. The van der Waals surface area contributed by atoms with E-state index in [1.54, 1.807) is 12.1 Å². The molecule has 0 radical (unpaired) electrons. The van der Waals surface area contributed by atoms with Crippen molar-refractivity contribution in [2.45, 2.75) is 11.4 Å². The van der Waals surface area contributed by atoms with Crippen LogP contribution in [0.4, 0.5) is 0 Å². The van der Waals surface area contributed by atoms with E-state index >= 15 is 0 Å². The van der Waals surface area contributed by atoms with E-state index in [-0.39, 0.29) is 11.4 Å². The van der Waals surface area contributed by atoms with Crippen molar-refractivity contribution in [3.8, 4) is 0 Å². The first-order valence-corrected chi connectivity index (χ1v) is 7.36. The maximum Gasteiger partial charge on any atom is 0.328 e. The summed E-state index contributed by atoms with van der Waals surface area (Å²) >= 11 is 0. The van der Waals surface area contributed by atoms with Crippen molar-refractivity contribution >= 4 is 22.1 Å². The van der Waals surface area contributed by atoms with Gasteiger partial charge in [-0.15, -0.1) is 0 Å². The van der Waals surface area contributed by atoms with Gasteiger partial charge >= 0.3 is 5.97 Å². The normalized spacial score (nSPS) is 11.8. The predicted octanol–water partition coefficient (Wildman–Crippen LogP) is 1.25. The predicted molar refractivity (Wildman–Crippen MR) is 73.6 cm³/mol. The van der Waals surface area contributed by atoms with Gasteiger partial charge in [0.05, 0.1) is 17.6 Å². The smallest absolute Gasteiger partial charge is 0.328 e. The molecule has 0 spiro atoms. The van der Waals surface area contributed by atoms with Crippen LogP contribution < -0.4 is 4.72 Å². The zero-order chi connectivity index (χ0) is 15.3. The number of rotatable bonds is 6. The molecule has 0 saturated carbocycles. The molecule has 2 aromatic rings. The van der Waals surface area contributed by atoms with Crippen LogP contribution in [-0.4, -0.2) is 24.7 Å². The van der Waals surface area contributed by atoms with E-state index in [4.69, 9.17) is 9.63 Å². The number of hydrogen-bond acceptors (Lipinski definition) is 5. The molecular formula is C13H12N2O5S. The Hall–Kier alpha value is -2.45. The van der Waals surface area contributed by atoms with E-state index in [2.05, 4.69) is 9.88 Å². The average molecular weight is 308 g/mol. The third-order valence-corrected chi connectivity index (χ3v) is 3.91. The van der Waals surface area contributed by atoms with Gasteiger partial charge in [0.1, 0.15) is 0 Å². The topological polar surface area (TPSA) is 110 Å². The summed E-state index contributed by atoms with van der Waals surface area (Å²) in [5, 5.41) is 12.0. The zero-order valence-electron chi connectivity index (χ0n) is 10.8. The molecular weight excluding hydrogens is 296 g/mol. The van der Waals surface area contributed by atoms with Crippen LogP contribution in [0.25, 0.3) is 6.08 Å². The molecule has 8 heteroatoms. The number of sulfonamides is 1. The van der Waals surface area contributed by atoms with Gasteiger partial charge in [0.2, 0.25) is 10.0 Å². The highest BCUT2D eigenvalue weighted by Gasteiger charge is 2.14. The molecule has 2 N–H and O–H groups in total. The average Bonchev–Trinajstić information content (AvgIpc) is 2.97. The Morgan fingerprint density at radius 1 is 1.38 bits per heavy atom. The Balaban J connectivity index is 2.16. The molecule has 0 aliphatic heterocycles. The van der Waals surface area contributed by atoms with Gasteiger partial charge in [-0.05, 0) is 23.8 Å². The number of carbonyl (C=O) groups is 1. The molecule has 1 aromatic heterocycles. The SMILES string of the molecule is O=C(O)/C=C/c1cccc(S(=O)(=O)NCc2ccno2)c1. The lowest BCUT2D eigenvalue weighted by molar-refractivity contribution is -0.131. The molecule has 7 nitrogen and oxygen atoms in total. The van der Waals surface area contributed by atoms with Crippen LogP contribution in [0.3, 0.4) is 0 Å². The van der Waals surface area contributed by atoms with E-state index in [1.165, 1.54) is 30.5 Å². The molecule has 110 valence electrons. The van der Waals surface area contributed by atoms with Gasteiger partial charge in [0.15, 0.2) is 5.76 Å². The zero-order valence-corrected chi connectivity index (χ0v) is 11.6. The van der Waals surface area contributed by atoms with Gasteiger partial charge in [-0.1, -0.05) is 17.3 Å². The Bertz CT molecular complexity index is 751. The summed E-state index contributed by atoms with van der Waals surface area (Å²) in [5.41, 5.74) is 0.472. The van der Waals surface area contributed by atoms with Crippen molar-refractivity contribution in [2.75, 3.05) is 0 Å². The second-order valence-corrected chi connectivity index (χ2v) is 5.81. The van der Waals surface area contributed by atoms with Crippen molar-refractivity contribution in [1.82, 2.24) is 9.88 Å². The van der Waals surface area contributed by atoms with Crippen LogP contribution in [0.2, 0.25) is 0 Å². The summed E-state index contributed by atoms with van der Waals surface area (Å²) in [7, 11) is -3.72. The lowest BCUT2D eigenvalue weighted by atomic mass is 10.2. The molecule has 0 bridgehead atoms. The fourth-order valence-corrected chi connectivity index (χ4v) is 2.58. The van der Waals surface area contributed by atoms with Crippen molar-refractivity contribution in [1.29, 1.82) is 0 Å². The van der Waals surface area contributed by atoms with E-state index in [9.17, 15) is 13.2 Å². The second kappa shape index (κ2) is 6.33. The molecule has 21 heavy (non-hydrogen) atoms. The van der Waals surface area contributed by atoms with Crippen molar-refractivity contribution in [2.24, 2.45) is 0 Å². The fraction of sp³-hybridized carbons (Fsp3) is 0.0769. The molecule has 2 rings (SSSR count). The molecule has 1 heterocycles. The van der Waals surface area contributed by atoms with E-state index < -0.39 is 16.0 Å². The molecule has 0 unspecified atom stereocenters. The summed E-state index contributed by atoms with van der Waals surface area (Å²) in [6.45, 7) is -0.0163. The Morgan fingerprint density at radius 2 is 2.19 bits per heavy atom. The monoisotopic (exact) mass is 308 g/mol. The Morgan fingerprint density at radius 3 is 2.86 bits per heavy atom. The number of hydrogen-bond donors (Lipinski definition) is 2. The van der Waals surface area contributed by atoms with E-state index in [0.717, 1.165) is 6.08 Å². The van der Waals surface area contributed by atoms with Crippen molar-refractivity contribution in [3.05, 3.63) is 53.9 Å². The van der Waals surface area contributed by atoms with Crippen LogP contribution in [-0.2, 0) is 21.4 Å². The molecule has 0 saturated heterocycles. The van der Waals surface area contributed by atoms with Crippen LogP contribution >= 0.6 is 0 Å². The van der Waals surface area contributed by atoms with Gasteiger partial charge in [0, 0.05) is 12.1 Å². The van der Waals surface area contributed by atoms with Gasteiger partial charge in [0.25, 0.3) is 0 Å². The van der Waals surface area contributed by atoms with Crippen LogP contribution in [0.5, 0.6) is 0 Å². The van der Waals surface area contributed by atoms with E-state index in [0.29, 0.717) is 11.3 Å². The summed E-state index contributed by atoms with van der Waals surface area (Å²) in [5.74, 6) is -0.716. The van der Waals surface area contributed by atoms with Gasteiger partial charge in [-0.3, -0.25) is 0 Å². The number of benzene rings is 1. The first kappa shape index (κ1) is 14.9. The molecule has 0 aliphatic rings. The van der Waals surface area contributed by atoms with Gasteiger partial charge in [-0.2, -0.15) is 0 Å². The van der Waals surface area contributed by atoms with E-state index in [1.807, 2.05) is 0 Å². The highest BCUT2D eigenvalue weighted by Crippen LogP contribution is 2.13. The van der Waals surface area contributed by atoms with Crippen molar-refractivity contribution < 1.29 is 22.8 Å². The number of aromatic nitrogens is 1. The number of nitrogens with zero attached hydrogens (tertiary/aromatic N) is 1. The largest absolute Gasteiger partial charge is 0.478 e.